The maximum absolute atomic E-state index is 13.2. The second kappa shape index (κ2) is 55.5. The molecule has 0 aromatic carbocycles. The average Bonchev–Trinajstić information content (AvgIpc) is 3.42. The van der Waals surface area contributed by atoms with Crippen LogP contribution in [0.15, 0.2) is 24.3 Å². The number of hydrogen-bond acceptors (Lipinski definition) is 9. The fourth-order valence-corrected chi connectivity index (χ4v) is 10.8. The molecule has 450 valence electrons. The lowest BCUT2D eigenvalue weighted by molar-refractivity contribution is -0.302. The van der Waals surface area contributed by atoms with Crippen molar-refractivity contribution in [3.8, 4) is 0 Å². The van der Waals surface area contributed by atoms with Crippen molar-refractivity contribution in [1.29, 1.82) is 0 Å². The summed E-state index contributed by atoms with van der Waals surface area (Å²) < 4.78 is 11.2. The van der Waals surface area contributed by atoms with Gasteiger partial charge < -0.3 is 45.4 Å². The van der Waals surface area contributed by atoms with Crippen LogP contribution in [-0.4, -0.2) is 98.7 Å². The van der Waals surface area contributed by atoms with E-state index in [4.69, 9.17) is 9.47 Å². The molecule has 1 saturated heterocycles. The molecule has 8 atom stereocenters. The van der Waals surface area contributed by atoms with Crippen molar-refractivity contribution in [2.45, 2.75) is 377 Å². The van der Waals surface area contributed by atoms with Crippen LogP contribution in [0.1, 0.15) is 328 Å². The minimum atomic E-state index is -1.60. The van der Waals surface area contributed by atoms with Gasteiger partial charge in [0, 0.05) is 0 Å². The van der Waals surface area contributed by atoms with Gasteiger partial charge in [-0.05, 0) is 44.9 Å². The van der Waals surface area contributed by atoms with Gasteiger partial charge in [-0.25, -0.2) is 0 Å². The van der Waals surface area contributed by atoms with E-state index in [-0.39, 0.29) is 6.61 Å². The summed E-state index contributed by atoms with van der Waals surface area (Å²) in [4.78, 5) is 13.2. The highest BCUT2D eigenvalue weighted by atomic mass is 16.7. The Morgan fingerprint density at radius 1 is 0.447 bits per heavy atom. The first-order chi connectivity index (χ1) is 37.3. The first-order valence-corrected chi connectivity index (χ1v) is 33.1. The van der Waals surface area contributed by atoms with Crippen molar-refractivity contribution in [2.24, 2.45) is 0 Å². The van der Waals surface area contributed by atoms with Gasteiger partial charge in [0.25, 0.3) is 0 Å². The van der Waals surface area contributed by atoms with Gasteiger partial charge in [0.15, 0.2) is 6.29 Å². The predicted octanol–water partition coefficient (Wildman–Crippen LogP) is 16.3. The molecule has 8 unspecified atom stereocenters. The molecular formula is C66H127NO9. The molecule has 0 radical (unpaired) electrons. The van der Waals surface area contributed by atoms with Gasteiger partial charge in [0.1, 0.15) is 30.5 Å². The molecule has 1 rings (SSSR count). The number of allylic oxidation sites excluding steroid dienone is 4. The summed E-state index contributed by atoms with van der Waals surface area (Å²) in [7, 11) is 0. The molecule has 76 heavy (non-hydrogen) atoms. The van der Waals surface area contributed by atoms with E-state index in [9.17, 15) is 35.4 Å². The number of aliphatic hydroxyl groups excluding tert-OH is 6. The topological polar surface area (TPSA) is 169 Å². The highest BCUT2D eigenvalue weighted by Gasteiger charge is 2.44. The summed E-state index contributed by atoms with van der Waals surface area (Å²) in [6.07, 6.45) is 61.5. The van der Waals surface area contributed by atoms with Crippen molar-refractivity contribution < 1.29 is 44.9 Å². The number of unbranched alkanes of at least 4 members (excludes halogenated alkanes) is 43. The number of nitrogens with one attached hydrogen (secondary N) is 1. The average molecular weight is 1080 g/mol. The van der Waals surface area contributed by atoms with E-state index in [1.54, 1.807) is 0 Å². The molecular weight excluding hydrogens is 951 g/mol. The SMILES string of the molecule is CCCCCCCCCCCCCCCCC/C=C\C/C=C\CCCCCCCCCCCCCCCCCCC(O)C(=O)NC(COC1OC(CO)C(O)C(O)C1O)C(O)CCCCCCCCCCCCCCC. The molecule has 1 fully saturated rings. The molecule has 0 aromatic rings. The van der Waals surface area contributed by atoms with Crippen molar-refractivity contribution in [2.75, 3.05) is 13.2 Å². The van der Waals surface area contributed by atoms with Crippen LogP contribution in [0.2, 0.25) is 0 Å². The van der Waals surface area contributed by atoms with Gasteiger partial charge in [0.2, 0.25) is 5.91 Å². The molecule has 0 bridgehead atoms. The minimum Gasteiger partial charge on any atom is -0.394 e. The third kappa shape index (κ3) is 43.4. The molecule has 0 saturated carbocycles. The molecule has 1 aliphatic heterocycles. The van der Waals surface area contributed by atoms with Gasteiger partial charge in [-0.1, -0.05) is 308 Å². The summed E-state index contributed by atoms with van der Waals surface area (Å²) in [6.45, 7) is 3.70. The van der Waals surface area contributed by atoms with E-state index in [0.717, 1.165) is 57.8 Å². The fraction of sp³-hybridized carbons (Fsp3) is 0.924. The van der Waals surface area contributed by atoms with E-state index in [1.807, 2.05) is 0 Å². The first kappa shape index (κ1) is 72.6. The Kier molecular flexibility index (Phi) is 53.1. The fourth-order valence-electron chi connectivity index (χ4n) is 10.8. The van der Waals surface area contributed by atoms with E-state index in [0.29, 0.717) is 12.8 Å². The maximum atomic E-state index is 13.2. The standard InChI is InChI=1S/C66H127NO9/c1-3-5-7-9-11-13-15-17-18-19-20-21-22-23-24-25-26-27-28-29-30-31-32-33-34-35-36-37-38-39-40-41-43-45-47-49-51-53-55-60(70)65(74)67-58(57-75-66-64(73)63(72)62(71)61(56-68)76-66)59(69)54-52-50-48-46-44-42-16-14-12-10-8-6-4-2/h26-27,29-30,58-64,66,68-73H,3-25,28,31-57H2,1-2H3,(H,67,74)/b27-26-,30-29-. The Labute approximate surface area is 469 Å². The van der Waals surface area contributed by atoms with Crippen LogP contribution in [0.3, 0.4) is 0 Å². The third-order valence-corrected chi connectivity index (χ3v) is 16.2. The summed E-state index contributed by atoms with van der Waals surface area (Å²) in [5.41, 5.74) is 0. The van der Waals surface area contributed by atoms with Crippen molar-refractivity contribution in [1.82, 2.24) is 5.32 Å². The van der Waals surface area contributed by atoms with Crippen LogP contribution in [0.4, 0.5) is 0 Å². The summed E-state index contributed by atoms with van der Waals surface area (Å²) >= 11 is 0. The lowest BCUT2D eigenvalue weighted by atomic mass is 9.99. The summed E-state index contributed by atoms with van der Waals surface area (Å²) in [5.74, 6) is -0.579. The van der Waals surface area contributed by atoms with E-state index < -0.39 is 61.5 Å². The Balaban J connectivity index is 2.06. The van der Waals surface area contributed by atoms with Gasteiger partial charge in [-0.2, -0.15) is 0 Å². The number of hydrogen-bond donors (Lipinski definition) is 7. The van der Waals surface area contributed by atoms with E-state index >= 15 is 0 Å². The van der Waals surface area contributed by atoms with E-state index in [2.05, 4.69) is 43.5 Å². The monoisotopic (exact) mass is 1080 g/mol. The Bertz CT molecular complexity index is 1270. The van der Waals surface area contributed by atoms with Gasteiger partial charge >= 0.3 is 0 Å². The van der Waals surface area contributed by atoms with Crippen LogP contribution in [0.25, 0.3) is 0 Å². The smallest absolute Gasteiger partial charge is 0.249 e. The number of ether oxygens (including phenoxy) is 2. The van der Waals surface area contributed by atoms with Crippen LogP contribution in [-0.2, 0) is 14.3 Å². The van der Waals surface area contributed by atoms with Crippen LogP contribution >= 0.6 is 0 Å². The van der Waals surface area contributed by atoms with E-state index in [1.165, 1.54) is 244 Å². The van der Waals surface area contributed by atoms with Crippen LogP contribution < -0.4 is 5.32 Å². The molecule has 0 spiro atoms. The first-order valence-electron chi connectivity index (χ1n) is 33.1. The van der Waals surface area contributed by atoms with Crippen molar-refractivity contribution in [3.05, 3.63) is 24.3 Å². The number of amides is 1. The third-order valence-electron chi connectivity index (χ3n) is 16.2. The van der Waals surface area contributed by atoms with Crippen LogP contribution in [0.5, 0.6) is 0 Å². The number of carbonyl (C=O) groups excluding carboxylic acids is 1. The predicted molar refractivity (Wildman–Crippen MR) is 320 cm³/mol. The van der Waals surface area contributed by atoms with Gasteiger partial charge in [-0.3, -0.25) is 4.79 Å². The molecule has 1 aliphatic rings. The largest absolute Gasteiger partial charge is 0.394 e. The lowest BCUT2D eigenvalue weighted by Gasteiger charge is -2.40. The molecule has 10 nitrogen and oxygen atoms in total. The van der Waals surface area contributed by atoms with Crippen molar-refractivity contribution >= 4 is 5.91 Å². The zero-order valence-electron chi connectivity index (χ0n) is 49.9. The second-order valence-corrected chi connectivity index (χ2v) is 23.4. The molecule has 10 heteroatoms. The normalized spacial score (nSPS) is 19.3. The quantitative estimate of drug-likeness (QED) is 0.0232. The zero-order valence-corrected chi connectivity index (χ0v) is 49.9. The van der Waals surface area contributed by atoms with Gasteiger partial charge in [0.05, 0.1) is 25.4 Å². The zero-order chi connectivity index (χ0) is 55.2. The van der Waals surface area contributed by atoms with Crippen molar-refractivity contribution in [3.63, 3.8) is 0 Å². The highest BCUT2D eigenvalue weighted by molar-refractivity contribution is 5.80. The highest BCUT2D eigenvalue weighted by Crippen LogP contribution is 2.24. The summed E-state index contributed by atoms with van der Waals surface area (Å²) in [6, 6.07) is -0.893. The number of rotatable bonds is 58. The molecule has 0 aliphatic carbocycles. The molecule has 1 heterocycles. The number of carbonyl (C=O) groups is 1. The Morgan fingerprint density at radius 2 is 0.776 bits per heavy atom. The Morgan fingerprint density at radius 3 is 1.13 bits per heavy atom. The second-order valence-electron chi connectivity index (χ2n) is 23.4. The Hall–Kier alpha value is -1.37. The maximum Gasteiger partial charge on any atom is 0.249 e. The van der Waals surface area contributed by atoms with Gasteiger partial charge in [-0.15, -0.1) is 0 Å². The molecule has 0 aromatic heterocycles. The molecule has 7 N–H and O–H groups in total. The lowest BCUT2D eigenvalue weighted by Crippen LogP contribution is -2.60. The number of aliphatic hydroxyl groups is 6. The minimum absolute atomic E-state index is 0.252. The molecule has 1 amide bonds. The van der Waals surface area contributed by atoms with Crippen LogP contribution in [0, 0.1) is 0 Å². The summed E-state index contributed by atoms with van der Waals surface area (Å²) in [5, 5.41) is 65.2.